The van der Waals surface area contributed by atoms with Crippen molar-refractivity contribution in [1.29, 1.82) is 0 Å². The second kappa shape index (κ2) is 8.08. The van der Waals surface area contributed by atoms with Crippen LogP contribution in [0.1, 0.15) is 24.6 Å². The van der Waals surface area contributed by atoms with Gasteiger partial charge in [0.2, 0.25) is 5.91 Å². The van der Waals surface area contributed by atoms with Crippen LogP contribution in [0.2, 0.25) is 0 Å². The van der Waals surface area contributed by atoms with Gasteiger partial charge in [0.1, 0.15) is 5.60 Å². The van der Waals surface area contributed by atoms with Gasteiger partial charge in [0.15, 0.2) is 5.82 Å². The van der Waals surface area contributed by atoms with Crippen molar-refractivity contribution in [3.05, 3.63) is 84.3 Å². The molecule has 1 aromatic carbocycles. The lowest BCUT2D eigenvalue weighted by Gasteiger charge is -2.21. The van der Waals surface area contributed by atoms with E-state index >= 15 is 0 Å². The summed E-state index contributed by atoms with van der Waals surface area (Å²) >= 11 is 0. The largest absolute Gasteiger partial charge is 0.416 e. The van der Waals surface area contributed by atoms with Crippen LogP contribution in [0.3, 0.4) is 0 Å². The van der Waals surface area contributed by atoms with Gasteiger partial charge in [0.05, 0.1) is 28.8 Å². The first kappa shape index (κ1) is 21.5. The number of rotatable bonds is 5. The fraction of sp³-hybridized carbons (Fsp3) is 0.174. The highest BCUT2D eigenvalue weighted by Crippen LogP contribution is 2.36. The lowest BCUT2D eigenvalue weighted by atomic mass is 9.97. The van der Waals surface area contributed by atoms with Crippen LogP contribution < -0.4 is 5.32 Å². The molecule has 32 heavy (non-hydrogen) atoms. The molecule has 0 saturated carbocycles. The summed E-state index contributed by atoms with van der Waals surface area (Å²) < 4.78 is 41.1. The first-order chi connectivity index (χ1) is 15.1. The van der Waals surface area contributed by atoms with E-state index < -0.39 is 23.2 Å². The zero-order chi connectivity index (χ0) is 22.9. The van der Waals surface area contributed by atoms with Gasteiger partial charge in [-0.15, -0.1) is 5.10 Å². The van der Waals surface area contributed by atoms with Crippen molar-refractivity contribution in [2.75, 3.05) is 5.32 Å². The number of pyridine rings is 2. The molecule has 164 valence electrons. The number of carbonyl (C=O) groups is 1. The number of benzene rings is 1. The number of nitrogens with one attached hydrogen (secondary N) is 1. The number of alkyl halides is 3. The summed E-state index contributed by atoms with van der Waals surface area (Å²) in [5.74, 6) is -0.463. The van der Waals surface area contributed by atoms with Crippen LogP contribution in [-0.2, 0) is 16.6 Å². The Hall–Kier alpha value is -3.72. The summed E-state index contributed by atoms with van der Waals surface area (Å²) in [4.78, 5) is 16.8. The van der Waals surface area contributed by atoms with Crippen molar-refractivity contribution in [2.24, 2.45) is 0 Å². The maximum Gasteiger partial charge on any atom is 0.416 e. The minimum absolute atomic E-state index is 0.0948. The Morgan fingerprint density at radius 3 is 2.47 bits per heavy atom. The molecule has 4 rings (SSSR count). The Bertz CT molecular complexity index is 1250. The molecule has 0 spiro atoms. The standard InChI is InChI=1S/C23H19F3N4O2/c1-22(32,18-9-5-6-11-27-18)14-19(31)28-21-20(15-7-3-2-4-8-15)17-13-16(23(24,25)26)10-12-30(17)29-21/h2-13,32H,14H2,1H3,(H,28,29,31)/t22-/m1/s1. The molecule has 6 nitrogen and oxygen atoms in total. The third-order valence-electron chi connectivity index (χ3n) is 5.00. The number of carbonyl (C=O) groups excluding carboxylic acids is 1. The summed E-state index contributed by atoms with van der Waals surface area (Å²) in [5, 5.41) is 17.6. The van der Waals surface area contributed by atoms with E-state index in [1.807, 2.05) is 0 Å². The van der Waals surface area contributed by atoms with Crippen LogP contribution in [0, 0.1) is 0 Å². The zero-order valence-corrected chi connectivity index (χ0v) is 17.0. The summed E-state index contributed by atoms with van der Waals surface area (Å²) in [6.45, 7) is 1.46. The second-order valence-corrected chi connectivity index (χ2v) is 7.55. The van der Waals surface area contributed by atoms with Gasteiger partial charge in [-0.1, -0.05) is 36.4 Å². The van der Waals surface area contributed by atoms with Gasteiger partial charge in [-0.25, -0.2) is 4.52 Å². The maximum absolute atomic E-state index is 13.3. The summed E-state index contributed by atoms with van der Waals surface area (Å²) in [6.07, 6.45) is -2.13. The number of nitrogens with zero attached hydrogens (tertiary/aromatic N) is 3. The Labute approximate surface area is 181 Å². The highest BCUT2D eigenvalue weighted by atomic mass is 19.4. The normalized spacial score (nSPS) is 13.7. The molecule has 0 unspecified atom stereocenters. The van der Waals surface area contributed by atoms with E-state index in [0.29, 0.717) is 16.8 Å². The Kier molecular flexibility index (Phi) is 5.43. The average Bonchev–Trinajstić information content (AvgIpc) is 3.10. The first-order valence-corrected chi connectivity index (χ1v) is 9.74. The predicted octanol–water partition coefficient (Wildman–Crippen LogP) is 4.65. The zero-order valence-electron chi connectivity index (χ0n) is 17.0. The van der Waals surface area contributed by atoms with E-state index in [1.54, 1.807) is 48.5 Å². The van der Waals surface area contributed by atoms with E-state index in [2.05, 4.69) is 15.4 Å². The van der Waals surface area contributed by atoms with Crippen LogP contribution in [0.15, 0.2) is 73.1 Å². The Balaban J connectivity index is 1.73. The SMILES string of the molecule is C[C@@](O)(CC(=O)Nc1nn2ccc(C(F)(F)F)cc2c1-c1ccccc1)c1ccccn1. The lowest BCUT2D eigenvalue weighted by Crippen LogP contribution is -2.29. The van der Waals surface area contributed by atoms with Crippen molar-refractivity contribution in [3.63, 3.8) is 0 Å². The van der Waals surface area contributed by atoms with Crippen molar-refractivity contribution in [1.82, 2.24) is 14.6 Å². The van der Waals surface area contributed by atoms with E-state index in [1.165, 1.54) is 23.8 Å². The molecule has 3 aromatic heterocycles. The van der Waals surface area contributed by atoms with E-state index in [9.17, 15) is 23.1 Å². The molecule has 0 radical (unpaired) electrons. The number of halogens is 3. The Morgan fingerprint density at radius 1 is 1.09 bits per heavy atom. The van der Waals surface area contributed by atoms with Crippen molar-refractivity contribution < 1.29 is 23.1 Å². The maximum atomic E-state index is 13.3. The number of aromatic nitrogens is 3. The smallest absolute Gasteiger partial charge is 0.383 e. The second-order valence-electron chi connectivity index (χ2n) is 7.55. The first-order valence-electron chi connectivity index (χ1n) is 9.74. The quantitative estimate of drug-likeness (QED) is 0.474. The summed E-state index contributed by atoms with van der Waals surface area (Å²) in [5.41, 5.74) is -0.906. The molecule has 0 aliphatic heterocycles. The predicted molar refractivity (Wildman–Crippen MR) is 113 cm³/mol. The molecule has 2 N–H and O–H groups in total. The number of aliphatic hydroxyl groups is 1. The molecule has 0 saturated heterocycles. The fourth-order valence-corrected chi connectivity index (χ4v) is 3.46. The van der Waals surface area contributed by atoms with Crippen LogP contribution >= 0.6 is 0 Å². The number of amides is 1. The minimum Gasteiger partial charge on any atom is -0.383 e. The fourth-order valence-electron chi connectivity index (χ4n) is 3.46. The van der Waals surface area contributed by atoms with Crippen molar-refractivity contribution in [2.45, 2.75) is 25.1 Å². The highest BCUT2D eigenvalue weighted by molar-refractivity contribution is 5.99. The monoisotopic (exact) mass is 440 g/mol. The average molecular weight is 440 g/mol. The van der Waals surface area contributed by atoms with E-state index in [0.717, 1.165) is 12.1 Å². The molecule has 0 aliphatic carbocycles. The third-order valence-corrected chi connectivity index (χ3v) is 5.00. The molecule has 3 heterocycles. The van der Waals surface area contributed by atoms with E-state index in [-0.39, 0.29) is 17.8 Å². The van der Waals surface area contributed by atoms with Gasteiger partial charge >= 0.3 is 6.18 Å². The minimum atomic E-state index is -4.52. The van der Waals surface area contributed by atoms with Crippen LogP contribution in [-0.4, -0.2) is 25.6 Å². The van der Waals surface area contributed by atoms with E-state index in [4.69, 9.17) is 0 Å². The van der Waals surface area contributed by atoms with Gasteiger partial charge in [0, 0.05) is 12.4 Å². The molecule has 9 heteroatoms. The molecule has 1 atom stereocenters. The lowest BCUT2D eigenvalue weighted by molar-refractivity contribution is -0.137. The molecular weight excluding hydrogens is 421 g/mol. The molecule has 0 fully saturated rings. The van der Waals surface area contributed by atoms with Crippen LogP contribution in [0.25, 0.3) is 16.6 Å². The van der Waals surface area contributed by atoms with Gasteiger partial charge in [0.25, 0.3) is 0 Å². The van der Waals surface area contributed by atoms with Crippen molar-refractivity contribution >= 4 is 17.2 Å². The third kappa shape index (κ3) is 4.33. The molecule has 4 aromatic rings. The molecule has 1 amide bonds. The van der Waals surface area contributed by atoms with Crippen LogP contribution in [0.4, 0.5) is 19.0 Å². The number of hydrogen-bond acceptors (Lipinski definition) is 4. The highest BCUT2D eigenvalue weighted by Gasteiger charge is 2.32. The molecular formula is C23H19F3N4O2. The van der Waals surface area contributed by atoms with Gasteiger partial charge in [-0.05, 0) is 36.8 Å². The topological polar surface area (TPSA) is 79.5 Å². The van der Waals surface area contributed by atoms with Crippen LogP contribution in [0.5, 0.6) is 0 Å². The summed E-state index contributed by atoms with van der Waals surface area (Å²) in [6, 6.07) is 15.6. The van der Waals surface area contributed by atoms with Crippen molar-refractivity contribution in [3.8, 4) is 11.1 Å². The number of hydrogen-bond donors (Lipinski definition) is 2. The Morgan fingerprint density at radius 2 is 1.81 bits per heavy atom. The number of fused-ring (bicyclic) bond motifs is 1. The molecule has 0 bridgehead atoms. The summed E-state index contributed by atoms with van der Waals surface area (Å²) in [7, 11) is 0. The van der Waals surface area contributed by atoms with Gasteiger partial charge in [-0.3, -0.25) is 9.78 Å². The number of anilines is 1. The molecule has 0 aliphatic rings. The van der Waals surface area contributed by atoms with Gasteiger partial charge in [-0.2, -0.15) is 13.2 Å². The van der Waals surface area contributed by atoms with Gasteiger partial charge < -0.3 is 10.4 Å².